The second-order valence-electron chi connectivity index (χ2n) is 6.17. The van der Waals surface area contributed by atoms with Crippen LogP contribution < -0.4 is 5.32 Å². The third kappa shape index (κ3) is 4.83. The maximum atomic E-state index is 12.9. The molecule has 23 heavy (non-hydrogen) atoms. The van der Waals surface area contributed by atoms with Crippen LogP contribution in [0.15, 0.2) is 30.3 Å². The van der Waals surface area contributed by atoms with Gasteiger partial charge in [-0.2, -0.15) is 0 Å². The number of rotatable bonds is 5. The van der Waals surface area contributed by atoms with E-state index < -0.39 is 5.60 Å². The third-order valence-electron chi connectivity index (χ3n) is 4.48. The zero-order valence-corrected chi connectivity index (χ0v) is 15.4. The van der Waals surface area contributed by atoms with Gasteiger partial charge in [-0.05, 0) is 49.0 Å². The smallest absolute Gasteiger partial charge is 0.316 e. The normalized spacial score (nSPS) is 21.4. The monoisotopic (exact) mass is 377 g/mol. The zero-order valence-electron chi connectivity index (χ0n) is 13.8. The van der Waals surface area contributed by atoms with Gasteiger partial charge < -0.3 is 10.1 Å². The number of hydrogen-bond donors (Lipinski definition) is 1. The van der Waals surface area contributed by atoms with Crippen LogP contribution in [-0.2, 0) is 9.53 Å². The van der Waals surface area contributed by atoms with Crippen LogP contribution >= 0.6 is 15.9 Å². The van der Waals surface area contributed by atoms with Crippen molar-refractivity contribution in [2.24, 2.45) is 0 Å². The number of piperidine rings is 1. The highest BCUT2D eigenvalue weighted by Crippen LogP contribution is 2.29. The molecule has 1 aromatic carbocycles. The van der Waals surface area contributed by atoms with E-state index in [0.717, 1.165) is 31.4 Å². The first-order valence-corrected chi connectivity index (χ1v) is 9.03. The van der Waals surface area contributed by atoms with Gasteiger partial charge in [0.25, 0.3) is 0 Å². The highest BCUT2D eigenvalue weighted by atomic mass is 79.9. The minimum atomic E-state index is -0.762. The fourth-order valence-electron chi connectivity index (χ4n) is 2.93. The average molecular weight is 378 g/mol. The molecule has 124 valence electrons. The van der Waals surface area contributed by atoms with E-state index in [1.54, 1.807) is 0 Å². The van der Waals surface area contributed by atoms with Crippen molar-refractivity contribution in [1.29, 1.82) is 0 Å². The summed E-state index contributed by atoms with van der Waals surface area (Å²) in [5, 5.41) is 3.49. The highest BCUT2D eigenvalue weighted by molar-refractivity contribution is 9.12. The van der Waals surface area contributed by atoms with Crippen LogP contribution in [0.3, 0.4) is 0 Å². The Bertz CT molecular complexity index is 572. The molecule has 3 unspecified atom stereocenters. The third-order valence-corrected chi connectivity index (χ3v) is 4.67. The van der Waals surface area contributed by atoms with E-state index in [0.29, 0.717) is 6.42 Å². The van der Waals surface area contributed by atoms with Gasteiger partial charge in [0.2, 0.25) is 0 Å². The Kier molecular flexibility index (Phi) is 6.68. The summed E-state index contributed by atoms with van der Waals surface area (Å²) in [6.45, 7) is 4.78. The Morgan fingerprint density at radius 2 is 2.17 bits per heavy atom. The molecule has 0 radical (unpaired) electrons. The maximum absolute atomic E-state index is 12.9. The number of carbonyl (C=O) groups is 1. The lowest BCUT2D eigenvalue weighted by atomic mass is 9.86. The predicted molar refractivity (Wildman–Crippen MR) is 96.3 cm³/mol. The summed E-state index contributed by atoms with van der Waals surface area (Å²) in [7, 11) is 0. The standard InChI is InChI=1S/C19H24BrNO2/c1-3-19(2,12-13-20)23-18(22)17(15-9-5-4-6-10-15)16-11-7-8-14-21-16/h4-6,9-10,16-17,21H,3,7-8,11,14H2,1-2H3. The molecule has 1 heterocycles. The van der Waals surface area contributed by atoms with E-state index in [4.69, 9.17) is 4.74 Å². The minimum Gasteiger partial charge on any atom is -0.446 e. The molecule has 1 saturated heterocycles. The molecule has 1 fully saturated rings. The van der Waals surface area contributed by atoms with Crippen molar-refractivity contribution in [3.63, 3.8) is 0 Å². The van der Waals surface area contributed by atoms with Crippen molar-refractivity contribution in [2.45, 2.75) is 57.1 Å². The molecule has 1 aromatic rings. The fraction of sp³-hybridized carbons (Fsp3) is 0.526. The van der Waals surface area contributed by atoms with Gasteiger partial charge in [-0.3, -0.25) is 4.79 Å². The summed E-state index contributed by atoms with van der Waals surface area (Å²) in [5.74, 6) is 2.46. The first kappa shape index (κ1) is 18.0. The predicted octanol–water partition coefficient (Wildman–Crippen LogP) is 3.98. The van der Waals surface area contributed by atoms with Crippen LogP contribution in [0.2, 0.25) is 0 Å². The average Bonchev–Trinajstić information content (AvgIpc) is 2.57. The number of hydrogen-bond acceptors (Lipinski definition) is 3. The lowest BCUT2D eigenvalue weighted by Gasteiger charge is -2.32. The largest absolute Gasteiger partial charge is 0.446 e. The minimum absolute atomic E-state index is 0.122. The van der Waals surface area contributed by atoms with Crippen LogP contribution in [0.4, 0.5) is 0 Å². The molecule has 0 aliphatic carbocycles. The zero-order chi connectivity index (χ0) is 16.7. The first-order chi connectivity index (χ1) is 11.1. The SMILES string of the molecule is CCC(C)(C#CBr)OC(=O)C(c1ccccc1)C1CCCCN1. The van der Waals surface area contributed by atoms with Crippen molar-refractivity contribution in [3.8, 4) is 10.8 Å². The highest BCUT2D eigenvalue weighted by Gasteiger charge is 2.35. The number of ether oxygens (including phenoxy) is 1. The van der Waals surface area contributed by atoms with Crippen molar-refractivity contribution in [2.75, 3.05) is 6.54 Å². The van der Waals surface area contributed by atoms with Gasteiger partial charge in [0, 0.05) is 22.0 Å². The van der Waals surface area contributed by atoms with E-state index in [-0.39, 0.29) is 17.9 Å². The van der Waals surface area contributed by atoms with Gasteiger partial charge in [-0.25, -0.2) is 0 Å². The molecule has 0 saturated carbocycles. The summed E-state index contributed by atoms with van der Waals surface area (Å²) in [5.41, 5.74) is 0.240. The van der Waals surface area contributed by atoms with Crippen LogP contribution in [0.5, 0.6) is 0 Å². The molecule has 3 atom stereocenters. The van der Waals surface area contributed by atoms with Gasteiger partial charge in [-0.1, -0.05) is 43.7 Å². The van der Waals surface area contributed by atoms with Gasteiger partial charge in [0.05, 0.1) is 5.92 Å². The molecule has 0 amide bonds. The van der Waals surface area contributed by atoms with E-state index in [1.165, 1.54) is 0 Å². The number of halogens is 1. The Hall–Kier alpha value is -1.31. The van der Waals surface area contributed by atoms with E-state index in [9.17, 15) is 4.79 Å². The van der Waals surface area contributed by atoms with E-state index >= 15 is 0 Å². The Labute approximate surface area is 147 Å². The topological polar surface area (TPSA) is 38.3 Å². The van der Waals surface area contributed by atoms with Gasteiger partial charge in [0.15, 0.2) is 5.60 Å². The molecular formula is C19H24BrNO2. The quantitative estimate of drug-likeness (QED) is 0.622. The molecule has 1 aliphatic rings. The van der Waals surface area contributed by atoms with Crippen molar-refractivity contribution in [3.05, 3.63) is 35.9 Å². The van der Waals surface area contributed by atoms with Crippen molar-refractivity contribution in [1.82, 2.24) is 5.32 Å². The van der Waals surface area contributed by atoms with Crippen LogP contribution in [0.1, 0.15) is 51.0 Å². The Morgan fingerprint density at radius 1 is 1.43 bits per heavy atom. The van der Waals surface area contributed by atoms with Crippen molar-refractivity contribution < 1.29 is 9.53 Å². The molecule has 1 N–H and O–H groups in total. The van der Waals surface area contributed by atoms with Crippen LogP contribution in [0.25, 0.3) is 0 Å². The van der Waals surface area contributed by atoms with Gasteiger partial charge >= 0.3 is 5.97 Å². The van der Waals surface area contributed by atoms with Crippen LogP contribution in [-0.4, -0.2) is 24.2 Å². The molecule has 0 aromatic heterocycles. The Balaban J connectivity index is 2.25. The number of esters is 1. The summed E-state index contributed by atoms with van der Waals surface area (Å²) in [6, 6.07) is 10.0. The molecule has 1 aliphatic heterocycles. The molecule has 0 bridgehead atoms. The summed E-state index contributed by atoms with van der Waals surface area (Å²) < 4.78 is 5.81. The molecule has 0 spiro atoms. The first-order valence-electron chi connectivity index (χ1n) is 8.23. The van der Waals surface area contributed by atoms with E-state index in [2.05, 4.69) is 32.0 Å². The summed E-state index contributed by atoms with van der Waals surface area (Å²) >= 11 is 3.11. The molecular weight excluding hydrogens is 354 g/mol. The van der Waals surface area contributed by atoms with Crippen molar-refractivity contribution >= 4 is 21.9 Å². The molecule has 4 heteroatoms. The summed E-state index contributed by atoms with van der Waals surface area (Å²) in [6.07, 6.45) is 3.94. The maximum Gasteiger partial charge on any atom is 0.316 e. The van der Waals surface area contributed by atoms with E-state index in [1.807, 2.05) is 44.2 Å². The van der Waals surface area contributed by atoms with Crippen LogP contribution in [0, 0.1) is 10.8 Å². The lowest BCUT2D eigenvalue weighted by Crippen LogP contribution is -2.44. The summed E-state index contributed by atoms with van der Waals surface area (Å²) in [4.78, 5) is 15.6. The molecule has 2 rings (SSSR count). The number of nitrogens with one attached hydrogen (secondary N) is 1. The van der Waals surface area contributed by atoms with Gasteiger partial charge in [-0.15, -0.1) is 0 Å². The Morgan fingerprint density at radius 3 is 2.74 bits per heavy atom. The van der Waals surface area contributed by atoms with Gasteiger partial charge in [0.1, 0.15) is 0 Å². The lowest BCUT2D eigenvalue weighted by molar-refractivity contribution is -0.156. The number of carbonyl (C=O) groups excluding carboxylic acids is 1. The fourth-order valence-corrected chi connectivity index (χ4v) is 3.35. The second kappa shape index (κ2) is 8.52. The second-order valence-corrected chi connectivity index (χ2v) is 6.57. The molecule has 3 nitrogen and oxygen atoms in total. The number of benzene rings is 1.